The van der Waals surface area contributed by atoms with Crippen molar-refractivity contribution in [3.05, 3.63) is 64.7 Å². The fourth-order valence-electron chi connectivity index (χ4n) is 2.71. The van der Waals surface area contributed by atoms with Gasteiger partial charge in [0.05, 0.1) is 13.0 Å². The Labute approximate surface area is 136 Å². The van der Waals surface area contributed by atoms with Gasteiger partial charge < -0.3 is 15.4 Å². The van der Waals surface area contributed by atoms with Crippen LogP contribution in [0.4, 0.5) is 0 Å². The maximum atomic E-state index is 11.9. The molecule has 0 radical (unpaired) electrons. The molecule has 0 atom stereocenters. The van der Waals surface area contributed by atoms with E-state index in [-0.39, 0.29) is 5.91 Å². The third-order valence-electron chi connectivity index (χ3n) is 3.98. The Balaban J connectivity index is 1.41. The minimum atomic E-state index is 0.0104. The van der Waals surface area contributed by atoms with Crippen molar-refractivity contribution in [2.45, 2.75) is 33.0 Å². The van der Waals surface area contributed by atoms with Crippen LogP contribution in [0.15, 0.2) is 42.5 Å². The van der Waals surface area contributed by atoms with E-state index >= 15 is 0 Å². The molecule has 0 aliphatic carbocycles. The first-order chi connectivity index (χ1) is 11.2. The normalized spacial score (nSPS) is 12.7. The molecule has 0 fully saturated rings. The lowest BCUT2D eigenvalue weighted by Gasteiger charge is -2.09. The van der Waals surface area contributed by atoms with Crippen LogP contribution < -0.4 is 15.4 Å². The van der Waals surface area contributed by atoms with Gasteiger partial charge in [-0.1, -0.05) is 30.3 Å². The van der Waals surface area contributed by atoms with Crippen LogP contribution in [0.5, 0.6) is 5.75 Å². The number of fused-ring (bicyclic) bond motifs is 1. The number of hydrogen-bond acceptors (Lipinski definition) is 3. The number of carbonyl (C=O) groups excluding carboxylic acids is 1. The van der Waals surface area contributed by atoms with Crippen LogP contribution in [0.25, 0.3) is 0 Å². The molecule has 4 nitrogen and oxygen atoms in total. The van der Waals surface area contributed by atoms with Crippen molar-refractivity contribution < 1.29 is 9.53 Å². The number of hydrogen-bond donors (Lipinski definition) is 2. The largest absolute Gasteiger partial charge is 0.493 e. The van der Waals surface area contributed by atoms with Crippen LogP contribution in [-0.2, 0) is 24.4 Å². The standard InChI is InChI=1S/C19H22N2O2/c1-14-3-2-4-18(9-14)23-8-7-19(22)21-11-15-5-6-16-12-20-13-17(16)10-15/h2-6,9-10,20H,7-8,11-13H2,1H3,(H,21,22). The minimum Gasteiger partial charge on any atom is -0.493 e. The molecule has 1 heterocycles. The highest BCUT2D eigenvalue weighted by molar-refractivity contribution is 5.76. The average molecular weight is 310 g/mol. The molecular weight excluding hydrogens is 288 g/mol. The molecule has 0 saturated heterocycles. The first-order valence-corrected chi connectivity index (χ1v) is 7.98. The van der Waals surface area contributed by atoms with Crippen molar-refractivity contribution in [1.29, 1.82) is 0 Å². The van der Waals surface area contributed by atoms with E-state index in [1.807, 2.05) is 31.2 Å². The van der Waals surface area contributed by atoms with Gasteiger partial charge in [-0.05, 0) is 41.3 Å². The third-order valence-corrected chi connectivity index (χ3v) is 3.98. The Bertz CT molecular complexity index is 698. The summed E-state index contributed by atoms with van der Waals surface area (Å²) in [6.45, 7) is 4.84. The summed E-state index contributed by atoms with van der Waals surface area (Å²) in [5.41, 5.74) is 4.98. The van der Waals surface area contributed by atoms with E-state index < -0.39 is 0 Å². The van der Waals surface area contributed by atoms with Crippen molar-refractivity contribution >= 4 is 5.91 Å². The van der Waals surface area contributed by atoms with E-state index in [1.165, 1.54) is 11.1 Å². The predicted octanol–water partition coefficient (Wildman–Crippen LogP) is 2.68. The maximum Gasteiger partial charge on any atom is 0.223 e. The molecule has 0 spiro atoms. The van der Waals surface area contributed by atoms with Gasteiger partial charge in [-0.2, -0.15) is 0 Å². The van der Waals surface area contributed by atoms with Gasteiger partial charge in [0.2, 0.25) is 5.91 Å². The molecule has 1 aliphatic rings. The van der Waals surface area contributed by atoms with Crippen molar-refractivity contribution in [3.8, 4) is 5.75 Å². The fraction of sp³-hybridized carbons (Fsp3) is 0.316. The molecular formula is C19H22N2O2. The highest BCUT2D eigenvalue weighted by Gasteiger charge is 2.10. The Morgan fingerprint density at radius 3 is 2.91 bits per heavy atom. The monoisotopic (exact) mass is 310 g/mol. The summed E-state index contributed by atoms with van der Waals surface area (Å²) in [6, 6.07) is 14.2. The number of carbonyl (C=O) groups is 1. The number of rotatable bonds is 6. The van der Waals surface area contributed by atoms with Gasteiger partial charge in [-0.15, -0.1) is 0 Å². The van der Waals surface area contributed by atoms with Crippen LogP contribution >= 0.6 is 0 Å². The Hall–Kier alpha value is -2.33. The Kier molecular flexibility index (Phi) is 4.93. The van der Waals surface area contributed by atoms with Crippen molar-refractivity contribution in [2.75, 3.05) is 6.61 Å². The van der Waals surface area contributed by atoms with E-state index in [4.69, 9.17) is 4.74 Å². The second-order valence-electron chi connectivity index (χ2n) is 5.90. The van der Waals surface area contributed by atoms with Crippen molar-refractivity contribution in [3.63, 3.8) is 0 Å². The lowest BCUT2D eigenvalue weighted by atomic mass is 10.1. The molecule has 2 aromatic carbocycles. The zero-order chi connectivity index (χ0) is 16.1. The van der Waals surface area contributed by atoms with Crippen molar-refractivity contribution in [2.24, 2.45) is 0 Å². The summed E-state index contributed by atoms with van der Waals surface area (Å²) in [7, 11) is 0. The number of nitrogens with one attached hydrogen (secondary N) is 2. The highest BCUT2D eigenvalue weighted by Crippen LogP contribution is 2.17. The van der Waals surface area contributed by atoms with E-state index in [0.29, 0.717) is 19.6 Å². The summed E-state index contributed by atoms with van der Waals surface area (Å²) < 4.78 is 5.60. The van der Waals surface area contributed by atoms with Gasteiger partial charge in [0.15, 0.2) is 0 Å². The zero-order valence-electron chi connectivity index (χ0n) is 13.4. The van der Waals surface area contributed by atoms with E-state index in [0.717, 1.165) is 30.0 Å². The topological polar surface area (TPSA) is 50.4 Å². The summed E-state index contributed by atoms with van der Waals surface area (Å²) in [6.07, 6.45) is 0.362. The number of aryl methyl sites for hydroxylation is 1. The molecule has 1 amide bonds. The second-order valence-corrected chi connectivity index (χ2v) is 5.90. The molecule has 1 aliphatic heterocycles. The predicted molar refractivity (Wildman–Crippen MR) is 90.1 cm³/mol. The molecule has 23 heavy (non-hydrogen) atoms. The fourth-order valence-corrected chi connectivity index (χ4v) is 2.71. The van der Waals surface area contributed by atoms with Crippen LogP contribution in [0.1, 0.15) is 28.7 Å². The molecule has 0 saturated carbocycles. The summed E-state index contributed by atoms with van der Waals surface area (Å²) in [5, 5.41) is 6.27. The van der Waals surface area contributed by atoms with Crippen LogP contribution in [0.3, 0.4) is 0 Å². The van der Waals surface area contributed by atoms with Gasteiger partial charge in [-0.3, -0.25) is 4.79 Å². The second kappa shape index (κ2) is 7.29. The maximum absolute atomic E-state index is 11.9. The lowest BCUT2D eigenvalue weighted by Crippen LogP contribution is -2.24. The number of benzene rings is 2. The van der Waals surface area contributed by atoms with E-state index in [9.17, 15) is 4.79 Å². The molecule has 0 unspecified atom stereocenters. The summed E-state index contributed by atoms with van der Waals surface area (Å²) in [5.74, 6) is 0.820. The first kappa shape index (κ1) is 15.6. The van der Waals surface area contributed by atoms with Crippen molar-refractivity contribution in [1.82, 2.24) is 10.6 Å². The zero-order valence-corrected chi connectivity index (χ0v) is 13.4. The van der Waals surface area contributed by atoms with E-state index in [2.05, 4.69) is 28.8 Å². The minimum absolute atomic E-state index is 0.0104. The van der Waals surface area contributed by atoms with Crippen LogP contribution in [0.2, 0.25) is 0 Å². The highest BCUT2D eigenvalue weighted by atomic mass is 16.5. The summed E-state index contributed by atoms with van der Waals surface area (Å²) in [4.78, 5) is 11.9. The van der Waals surface area contributed by atoms with Crippen LogP contribution in [0, 0.1) is 6.92 Å². The first-order valence-electron chi connectivity index (χ1n) is 7.98. The van der Waals surface area contributed by atoms with Gasteiger partial charge >= 0.3 is 0 Å². The molecule has 120 valence electrons. The summed E-state index contributed by atoms with van der Waals surface area (Å²) >= 11 is 0. The van der Waals surface area contributed by atoms with Gasteiger partial charge in [0.25, 0.3) is 0 Å². The SMILES string of the molecule is Cc1cccc(OCCC(=O)NCc2ccc3c(c2)CNC3)c1. The molecule has 3 rings (SSSR count). The molecule has 2 aromatic rings. The quantitative estimate of drug-likeness (QED) is 0.862. The van der Waals surface area contributed by atoms with Gasteiger partial charge in [0.1, 0.15) is 5.75 Å². The molecule has 0 aromatic heterocycles. The molecule has 0 bridgehead atoms. The van der Waals surface area contributed by atoms with E-state index in [1.54, 1.807) is 0 Å². The lowest BCUT2D eigenvalue weighted by molar-refractivity contribution is -0.121. The van der Waals surface area contributed by atoms with Gasteiger partial charge in [0, 0.05) is 19.6 Å². The average Bonchev–Trinajstić information content (AvgIpc) is 3.00. The molecule has 4 heteroatoms. The smallest absolute Gasteiger partial charge is 0.223 e. The number of ether oxygens (including phenoxy) is 1. The van der Waals surface area contributed by atoms with Gasteiger partial charge in [-0.25, -0.2) is 0 Å². The molecule has 2 N–H and O–H groups in total. The van der Waals surface area contributed by atoms with Crippen LogP contribution in [-0.4, -0.2) is 12.5 Å². The third kappa shape index (κ3) is 4.33. The number of amides is 1. The Morgan fingerprint density at radius 1 is 1.17 bits per heavy atom. The Morgan fingerprint density at radius 2 is 2.04 bits per heavy atom.